The molecule has 0 saturated heterocycles. The first-order valence-electron chi connectivity index (χ1n) is 9.16. The molecule has 0 aliphatic heterocycles. The van der Waals surface area contributed by atoms with Gasteiger partial charge in [0.05, 0.1) is 10.6 Å². The van der Waals surface area contributed by atoms with E-state index in [9.17, 15) is 4.79 Å². The second kappa shape index (κ2) is 8.34. The normalized spacial score (nSPS) is 10.6. The standard InChI is InChI=1S/C22H18ClN5O2/c1-14-12-15(30-22-24-10-5-11-25-22)8-9-19(14)26-21(29)17-13-28(2)27-20(17)16-6-3-4-7-18(16)23/h3-13H,1-2H3,(H,26,29). The van der Waals surface area contributed by atoms with Gasteiger partial charge in [-0.3, -0.25) is 9.48 Å². The average molecular weight is 420 g/mol. The average Bonchev–Trinajstić information content (AvgIpc) is 3.13. The fourth-order valence-corrected chi connectivity index (χ4v) is 3.21. The van der Waals surface area contributed by atoms with Crippen LogP contribution in [-0.2, 0) is 7.05 Å². The van der Waals surface area contributed by atoms with E-state index in [1.54, 1.807) is 54.6 Å². The van der Waals surface area contributed by atoms with E-state index in [0.717, 1.165) is 5.56 Å². The van der Waals surface area contributed by atoms with Crippen LogP contribution in [0, 0.1) is 6.92 Å². The van der Waals surface area contributed by atoms with Gasteiger partial charge in [-0.25, -0.2) is 9.97 Å². The van der Waals surface area contributed by atoms with Crippen LogP contribution < -0.4 is 10.1 Å². The summed E-state index contributed by atoms with van der Waals surface area (Å²) in [4.78, 5) is 21.1. The van der Waals surface area contributed by atoms with E-state index in [2.05, 4.69) is 20.4 Å². The van der Waals surface area contributed by atoms with Gasteiger partial charge in [0.25, 0.3) is 5.91 Å². The number of anilines is 1. The molecule has 0 unspecified atom stereocenters. The van der Waals surface area contributed by atoms with E-state index in [4.69, 9.17) is 16.3 Å². The lowest BCUT2D eigenvalue weighted by molar-refractivity contribution is 0.102. The van der Waals surface area contributed by atoms with Gasteiger partial charge < -0.3 is 10.1 Å². The first-order valence-corrected chi connectivity index (χ1v) is 9.54. The van der Waals surface area contributed by atoms with Crippen molar-refractivity contribution in [2.75, 3.05) is 5.32 Å². The Kier molecular flexibility index (Phi) is 5.45. The Labute approximate surface area is 178 Å². The number of hydrogen-bond acceptors (Lipinski definition) is 5. The van der Waals surface area contributed by atoms with Crippen LogP contribution >= 0.6 is 11.6 Å². The smallest absolute Gasteiger partial charge is 0.321 e. The molecule has 0 aliphatic carbocycles. The van der Waals surface area contributed by atoms with Gasteiger partial charge in [0.15, 0.2) is 0 Å². The fourth-order valence-electron chi connectivity index (χ4n) is 2.98. The number of aryl methyl sites for hydroxylation is 2. The molecule has 1 N–H and O–H groups in total. The summed E-state index contributed by atoms with van der Waals surface area (Å²) in [5.41, 5.74) is 3.16. The first-order chi connectivity index (χ1) is 14.5. The number of benzene rings is 2. The zero-order valence-corrected chi connectivity index (χ0v) is 17.1. The lowest BCUT2D eigenvalue weighted by Crippen LogP contribution is -2.13. The monoisotopic (exact) mass is 419 g/mol. The minimum absolute atomic E-state index is 0.258. The second-order valence-electron chi connectivity index (χ2n) is 6.61. The third kappa shape index (κ3) is 4.16. The quantitative estimate of drug-likeness (QED) is 0.498. The van der Waals surface area contributed by atoms with Crippen molar-refractivity contribution >= 4 is 23.2 Å². The minimum atomic E-state index is -0.277. The van der Waals surface area contributed by atoms with Gasteiger partial charge in [-0.1, -0.05) is 29.8 Å². The molecule has 0 atom stereocenters. The van der Waals surface area contributed by atoms with Crippen LogP contribution in [0.15, 0.2) is 67.1 Å². The Morgan fingerprint density at radius 3 is 2.60 bits per heavy atom. The minimum Gasteiger partial charge on any atom is -0.424 e. The Hall–Kier alpha value is -3.71. The summed E-state index contributed by atoms with van der Waals surface area (Å²) in [6.45, 7) is 1.88. The second-order valence-corrected chi connectivity index (χ2v) is 7.02. The number of halogens is 1. The van der Waals surface area contributed by atoms with Crippen molar-refractivity contribution in [3.8, 4) is 23.0 Å². The molecule has 0 radical (unpaired) electrons. The predicted molar refractivity (Wildman–Crippen MR) is 115 cm³/mol. The summed E-state index contributed by atoms with van der Waals surface area (Å²) in [5, 5.41) is 7.90. The van der Waals surface area contributed by atoms with E-state index in [1.807, 2.05) is 31.2 Å². The van der Waals surface area contributed by atoms with Crippen LogP contribution in [0.2, 0.25) is 5.02 Å². The Morgan fingerprint density at radius 1 is 1.10 bits per heavy atom. The number of aromatic nitrogens is 4. The molecule has 8 heteroatoms. The summed E-state index contributed by atoms with van der Waals surface area (Å²) in [6, 6.07) is 14.6. The molecule has 30 heavy (non-hydrogen) atoms. The number of nitrogens with one attached hydrogen (secondary N) is 1. The van der Waals surface area contributed by atoms with Gasteiger partial charge in [0, 0.05) is 36.9 Å². The van der Waals surface area contributed by atoms with E-state index in [1.165, 1.54) is 0 Å². The van der Waals surface area contributed by atoms with Crippen molar-refractivity contribution in [3.63, 3.8) is 0 Å². The molecule has 150 valence electrons. The summed E-state index contributed by atoms with van der Waals surface area (Å²) >= 11 is 6.31. The van der Waals surface area contributed by atoms with Crippen molar-refractivity contribution in [2.45, 2.75) is 6.92 Å². The molecule has 0 bridgehead atoms. The van der Waals surface area contributed by atoms with Crippen molar-refractivity contribution < 1.29 is 9.53 Å². The topological polar surface area (TPSA) is 81.9 Å². The number of nitrogens with zero attached hydrogens (tertiary/aromatic N) is 4. The molecule has 4 aromatic rings. The highest BCUT2D eigenvalue weighted by molar-refractivity contribution is 6.33. The number of hydrogen-bond donors (Lipinski definition) is 1. The van der Waals surface area contributed by atoms with E-state index in [-0.39, 0.29) is 11.9 Å². The van der Waals surface area contributed by atoms with Crippen molar-refractivity contribution in [1.29, 1.82) is 0 Å². The third-order valence-electron chi connectivity index (χ3n) is 4.40. The third-order valence-corrected chi connectivity index (χ3v) is 4.73. The molecule has 0 aliphatic rings. The molecule has 2 aromatic carbocycles. The van der Waals surface area contributed by atoms with Crippen molar-refractivity contribution in [1.82, 2.24) is 19.7 Å². The number of amides is 1. The molecule has 1 amide bonds. The van der Waals surface area contributed by atoms with E-state index < -0.39 is 0 Å². The maximum Gasteiger partial charge on any atom is 0.321 e. The van der Waals surface area contributed by atoms with Crippen LogP contribution in [-0.4, -0.2) is 25.7 Å². The molecule has 0 spiro atoms. The Morgan fingerprint density at radius 2 is 1.87 bits per heavy atom. The molecule has 2 aromatic heterocycles. The number of ether oxygens (including phenoxy) is 1. The predicted octanol–water partition coefficient (Wildman–Crippen LogP) is 4.88. The van der Waals surface area contributed by atoms with E-state index >= 15 is 0 Å². The van der Waals surface area contributed by atoms with Crippen LogP contribution in [0.25, 0.3) is 11.3 Å². The molecule has 2 heterocycles. The Balaban J connectivity index is 1.57. The number of carbonyl (C=O) groups excluding carboxylic acids is 1. The van der Waals surface area contributed by atoms with Gasteiger partial charge in [-0.15, -0.1) is 0 Å². The van der Waals surface area contributed by atoms with E-state index in [0.29, 0.717) is 33.3 Å². The summed E-state index contributed by atoms with van der Waals surface area (Å²) in [7, 11) is 1.76. The summed E-state index contributed by atoms with van der Waals surface area (Å²) in [6.07, 6.45) is 4.88. The zero-order valence-electron chi connectivity index (χ0n) is 16.3. The number of carbonyl (C=O) groups is 1. The first kappa shape index (κ1) is 19.6. The maximum atomic E-state index is 13.0. The summed E-state index contributed by atoms with van der Waals surface area (Å²) < 4.78 is 7.23. The highest BCUT2D eigenvalue weighted by Gasteiger charge is 2.19. The number of rotatable bonds is 5. The van der Waals surface area contributed by atoms with Gasteiger partial charge in [-0.2, -0.15) is 5.10 Å². The molecule has 0 fully saturated rings. The van der Waals surface area contributed by atoms with Crippen molar-refractivity contribution in [3.05, 3.63) is 83.3 Å². The Bertz CT molecular complexity index is 1210. The van der Waals surface area contributed by atoms with Gasteiger partial charge in [-0.05, 0) is 42.8 Å². The molecular formula is C22H18ClN5O2. The highest BCUT2D eigenvalue weighted by Crippen LogP contribution is 2.30. The van der Waals surface area contributed by atoms with Crippen LogP contribution in [0.4, 0.5) is 5.69 Å². The fraction of sp³-hybridized carbons (Fsp3) is 0.0909. The molecular weight excluding hydrogens is 402 g/mol. The zero-order chi connectivity index (χ0) is 21.1. The van der Waals surface area contributed by atoms with Gasteiger partial charge >= 0.3 is 6.01 Å². The molecule has 4 rings (SSSR count). The van der Waals surface area contributed by atoms with Gasteiger partial charge in [0.2, 0.25) is 0 Å². The largest absolute Gasteiger partial charge is 0.424 e. The van der Waals surface area contributed by atoms with Gasteiger partial charge in [0.1, 0.15) is 11.4 Å². The van der Waals surface area contributed by atoms with Crippen LogP contribution in [0.1, 0.15) is 15.9 Å². The van der Waals surface area contributed by atoms with Crippen LogP contribution in [0.5, 0.6) is 11.8 Å². The lowest BCUT2D eigenvalue weighted by atomic mass is 10.1. The van der Waals surface area contributed by atoms with Crippen molar-refractivity contribution in [2.24, 2.45) is 7.05 Å². The van der Waals surface area contributed by atoms with Crippen LogP contribution in [0.3, 0.4) is 0 Å². The molecule has 0 saturated carbocycles. The summed E-state index contributed by atoms with van der Waals surface area (Å²) in [5.74, 6) is 0.302. The lowest BCUT2D eigenvalue weighted by Gasteiger charge is -2.11. The SMILES string of the molecule is Cc1cc(Oc2ncccn2)ccc1NC(=O)c1cn(C)nc1-c1ccccc1Cl. The maximum absolute atomic E-state index is 13.0. The highest BCUT2D eigenvalue weighted by atomic mass is 35.5. The molecule has 7 nitrogen and oxygen atoms in total.